The van der Waals surface area contributed by atoms with Crippen LogP contribution in [0.4, 0.5) is 0 Å². The van der Waals surface area contributed by atoms with E-state index in [9.17, 15) is 4.79 Å². The molecule has 0 aromatic carbocycles. The van der Waals surface area contributed by atoms with Crippen molar-refractivity contribution in [3.63, 3.8) is 0 Å². The summed E-state index contributed by atoms with van der Waals surface area (Å²) in [5, 5.41) is 2.70. The molecule has 5 heteroatoms. The zero-order chi connectivity index (χ0) is 9.26. The SMILES string of the molecule is CCNC(=O)C1OCC2OCOC21. The zero-order valence-corrected chi connectivity index (χ0v) is 7.49. The second kappa shape index (κ2) is 3.61. The van der Waals surface area contributed by atoms with Gasteiger partial charge in [0.1, 0.15) is 19.0 Å². The van der Waals surface area contributed by atoms with Gasteiger partial charge in [-0.3, -0.25) is 4.79 Å². The van der Waals surface area contributed by atoms with E-state index in [1.54, 1.807) is 0 Å². The molecule has 3 atom stereocenters. The first-order valence-electron chi connectivity index (χ1n) is 4.45. The molecular weight excluding hydrogens is 174 g/mol. The lowest BCUT2D eigenvalue weighted by molar-refractivity contribution is -0.136. The molecule has 0 saturated carbocycles. The van der Waals surface area contributed by atoms with E-state index in [1.807, 2.05) is 6.92 Å². The summed E-state index contributed by atoms with van der Waals surface area (Å²) in [6.07, 6.45) is -0.772. The normalized spacial score (nSPS) is 37.5. The molecule has 13 heavy (non-hydrogen) atoms. The summed E-state index contributed by atoms with van der Waals surface area (Å²) in [5.74, 6) is -0.111. The smallest absolute Gasteiger partial charge is 0.251 e. The van der Waals surface area contributed by atoms with Crippen molar-refractivity contribution in [3.05, 3.63) is 0 Å². The molecule has 2 saturated heterocycles. The summed E-state index contributed by atoms with van der Waals surface area (Å²) in [6, 6.07) is 0. The molecular formula is C8H13NO4. The summed E-state index contributed by atoms with van der Waals surface area (Å²) in [4.78, 5) is 11.4. The molecule has 74 valence electrons. The molecule has 2 aliphatic heterocycles. The van der Waals surface area contributed by atoms with Crippen LogP contribution in [0.25, 0.3) is 0 Å². The molecule has 1 N–H and O–H groups in total. The van der Waals surface area contributed by atoms with Crippen molar-refractivity contribution in [2.45, 2.75) is 25.2 Å². The number of hydrogen-bond acceptors (Lipinski definition) is 4. The predicted octanol–water partition coefficient (Wildman–Crippen LogP) is -0.737. The van der Waals surface area contributed by atoms with Gasteiger partial charge >= 0.3 is 0 Å². The number of fused-ring (bicyclic) bond motifs is 1. The van der Waals surface area contributed by atoms with Crippen LogP contribution in [0, 0.1) is 0 Å². The van der Waals surface area contributed by atoms with E-state index in [0.717, 1.165) is 0 Å². The van der Waals surface area contributed by atoms with Crippen LogP contribution in [-0.4, -0.2) is 44.2 Å². The van der Waals surface area contributed by atoms with Crippen molar-refractivity contribution in [2.75, 3.05) is 19.9 Å². The molecule has 2 aliphatic rings. The molecule has 0 aromatic rings. The first kappa shape index (κ1) is 8.93. The average Bonchev–Trinajstić information content (AvgIpc) is 2.62. The van der Waals surface area contributed by atoms with Gasteiger partial charge in [-0.2, -0.15) is 0 Å². The highest BCUT2D eigenvalue weighted by Crippen LogP contribution is 2.25. The van der Waals surface area contributed by atoms with E-state index in [2.05, 4.69) is 5.32 Å². The quantitative estimate of drug-likeness (QED) is 0.618. The fourth-order valence-electron chi connectivity index (χ4n) is 1.63. The van der Waals surface area contributed by atoms with E-state index in [4.69, 9.17) is 14.2 Å². The summed E-state index contributed by atoms with van der Waals surface area (Å²) in [6.45, 7) is 3.20. The third kappa shape index (κ3) is 1.54. The highest BCUT2D eigenvalue weighted by Gasteiger charge is 2.46. The number of amides is 1. The Morgan fingerprint density at radius 2 is 2.31 bits per heavy atom. The van der Waals surface area contributed by atoms with Crippen LogP contribution in [0.2, 0.25) is 0 Å². The number of nitrogens with one attached hydrogen (secondary N) is 1. The fourth-order valence-corrected chi connectivity index (χ4v) is 1.63. The van der Waals surface area contributed by atoms with Gasteiger partial charge in [-0.15, -0.1) is 0 Å². The lowest BCUT2D eigenvalue weighted by atomic mass is 10.1. The maximum absolute atomic E-state index is 11.4. The molecule has 5 nitrogen and oxygen atoms in total. The maximum Gasteiger partial charge on any atom is 0.251 e. The van der Waals surface area contributed by atoms with Gasteiger partial charge in [-0.25, -0.2) is 0 Å². The van der Waals surface area contributed by atoms with Crippen molar-refractivity contribution < 1.29 is 19.0 Å². The van der Waals surface area contributed by atoms with Gasteiger partial charge in [0.25, 0.3) is 5.91 Å². The molecule has 0 bridgehead atoms. The van der Waals surface area contributed by atoms with Gasteiger partial charge in [0.15, 0.2) is 6.10 Å². The third-order valence-electron chi connectivity index (χ3n) is 2.26. The Morgan fingerprint density at radius 1 is 1.46 bits per heavy atom. The predicted molar refractivity (Wildman–Crippen MR) is 43.0 cm³/mol. The van der Waals surface area contributed by atoms with Crippen LogP contribution >= 0.6 is 0 Å². The molecule has 0 spiro atoms. The standard InChI is InChI=1S/C8H13NO4/c1-2-9-8(10)7-6-5(3-11-7)12-4-13-6/h5-7H,2-4H2,1H3,(H,9,10). The summed E-state index contributed by atoms with van der Waals surface area (Å²) in [7, 11) is 0. The second-order valence-corrected chi connectivity index (χ2v) is 3.10. The number of likely N-dealkylation sites (N-methyl/N-ethyl adjacent to an activating group) is 1. The van der Waals surface area contributed by atoms with Crippen LogP contribution < -0.4 is 5.32 Å². The Hall–Kier alpha value is -0.650. The number of ether oxygens (including phenoxy) is 3. The highest BCUT2D eigenvalue weighted by molar-refractivity contribution is 5.81. The Morgan fingerprint density at radius 3 is 3.08 bits per heavy atom. The minimum atomic E-state index is -0.493. The van der Waals surface area contributed by atoms with Gasteiger partial charge in [0.05, 0.1) is 6.61 Å². The number of carbonyl (C=O) groups is 1. The number of carbonyl (C=O) groups excluding carboxylic acids is 1. The Labute approximate surface area is 76.3 Å². The molecule has 1 amide bonds. The van der Waals surface area contributed by atoms with Crippen molar-refractivity contribution >= 4 is 5.91 Å². The van der Waals surface area contributed by atoms with Crippen molar-refractivity contribution in [3.8, 4) is 0 Å². The monoisotopic (exact) mass is 187 g/mol. The van der Waals surface area contributed by atoms with Gasteiger partial charge < -0.3 is 19.5 Å². The Kier molecular flexibility index (Phi) is 2.48. The molecule has 2 heterocycles. The largest absolute Gasteiger partial charge is 0.363 e. The molecule has 2 fully saturated rings. The van der Waals surface area contributed by atoms with E-state index in [0.29, 0.717) is 13.2 Å². The minimum Gasteiger partial charge on any atom is -0.363 e. The molecule has 0 aromatic heterocycles. The van der Waals surface area contributed by atoms with Crippen molar-refractivity contribution in [1.29, 1.82) is 0 Å². The average molecular weight is 187 g/mol. The lowest BCUT2D eigenvalue weighted by Gasteiger charge is -2.14. The Bertz CT molecular complexity index is 208. The van der Waals surface area contributed by atoms with Crippen molar-refractivity contribution in [1.82, 2.24) is 5.32 Å². The van der Waals surface area contributed by atoms with Crippen molar-refractivity contribution in [2.24, 2.45) is 0 Å². The van der Waals surface area contributed by atoms with Gasteiger partial charge in [0.2, 0.25) is 0 Å². The van der Waals surface area contributed by atoms with E-state index in [-0.39, 0.29) is 24.9 Å². The fraction of sp³-hybridized carbons (Fsp3) is 0.875. The molecule has 2 rings (SSSR count). The van der Waals surface area contributed by atoms with Gasteiger partial charge in [-0.05, 0) is 6.92 Å². The topological polar surface area (TPSA) is 56.8 Å². The van der Waals surface area contributed by atoms with Gasteiger partial charge in [0, 0.05) is 6.54 Å². The molecule has 0 radical (unpaired) electrons. The Balaban J connectivity index is 1.96. The molecule has 0 aliphatic carbocycles. The summed E-state index contributed by atoms with van der Waals surface area (Å²) in [5.41, 5.74) is 0. The van der Waals surface area contributed by atoms with Crippen LogP contribution in [0.3, 0.4) is 0 Å². The lowest BCUT2D eigenvalue weighted by Crippen LogP contribution is -2.41. The maximum atomic E-state index is 11.4. The summed E-state index contributed by atoms with van der Waals surface area (Å²) >= 11 is 0. The third-order valence-corrected chi connectivity index (χ3v) is 2.26. The number of hydrogen-bond donors (Lipinski definition) is 1. The van der Waals surface area contributed by atoms with Gasteiger partial charge in [-0.1, -0.05) is 0 Å². The highest BCUT2D eigenvalue weighted by atomic mass is 16.7. The summed E-state index contributed by atoms with van der Waals surface area (Å²) < 4.78 is 15.7. The minimum absolute atomic E-state index is 0.0624. The first-order valence-corrected chi connectivity index (χ1v) is 4.45. The number of rotatable bonds is 2. The second-order valence-electron chi connectivity index (χ2n) is 3.10. The van der Waals surface area contributed by atoms with E-state index < -0.39 is 6.10 Å². The van der Waals surface area contributed by atoms with Crippen LogP contribution in [-0.2, 0) is 19.0 Å². The first-order chi connectivity index (χ1) is 6.33. The van der Waals surface area contributed by atoms with Crippen LogP contribution in [0.15, 0.2) is 0 Å². The zero-order valence-electron chi connectivity index (χ0n) is 7.49. The van der Waals surface area contributed by atoms with E-state index >= 15 is 0 Å². The van der Waals surface area contributed by atoms with Crippen LogP contribution in [0.1, 0.15) is 6.92 Å². The molecule has 3 unspecified atom stereocenters. The van der Waals surface area contributed by atoms with E-state index in [1.165, 1.54) is 0 Å². The van der Waals surface area contributed by atoms with Crippen LogP contribution in [0.5, 0.6) is 0 Å².